The summed E-state index contributed by atoms with van der Waals surface area (Å²) in [7, 11) is 1.72. The largest absolute Gasteiger partial charge is 0.496 e. The summed E-state index contributed by atoms with van der Waals surface area (Å²) in [6, 6.07) is 16.6. The SMILES string of the molecule is COc1ccccc1CN1CCC(NC(=O)C2(c3ccc(Br)cc3)CCOCC2)CC1. The van der Waals surface area contributed by atoms with Crippen molar-refractivity contribution in [2.75, 3.05) is 33.4 Å². The fourth-order valence-corrected chi connectivity index (χ4v) is 5.03. The van der Waals surface area contributed by atoms with Gasteiger partial charge in [0.2, 0.25) is 5.91 Å². The van der Waals surface area contributed by atoms with Crippen molar-refractivity contribution in [1.29, 1.82) is 0 Å². The number of ether oxygens (including phenoxy) is 2. The Balaban J connectivity index is 1.37. The third-order valence-electron chi connectivity index (χ3n) is 6.69. The number of nitrogens with zero attached hydrogens (tertiary/aromatic N) is 1. The van der Waals surface area contributed by atoms with E-state index in [0.29, 0.717) is 13.2 Å². The molecule has 0 spiro atoms. The van der Waals surface area contributed by atoms with Crippen molar-refractivity contribution in [2.24, 2.45) is 0 Å². The molecule has 0 bridgehead atoms. The summed E-state index contributed by atoms with van der Waals surface area (Å²) >= 11 is 3.50. The van der Waals surface area contributed by atoms with Gasteiger partial charge in [0, 0.05) is 48.9 Å². The minimum absolute atomic E-state index is 0.154. The third kappa shape index (κ3) is 5.13. The number of piperidine rings is 1. The molecule has 0 aromatic heterocycles. The van der Waals surface area contributed by atoms with Crippen molar-refractivity contribution in [1.82, 2.24) is 10.2 Å². The molecule has 0 unspecified atom stereocenters. The molecular weight excluding hydrogens is 456 g/mol. The van der Waals surface area contributed by atoms with Crippen LogP contribution in [-0.2, 0) is 21.5 Å². The lowest BCUT2D eigenvalue weighted by atomic mass is 9.73. The number of hydrogen-bond donors (Lipinski definition) is 1. The van der Waals surface area contributed by atoms with Crippen molar-refractivity contribution in [3.05, 3.63) is 64.1 Å². The van der Waals surface area contributed by atoms with Crippen LogP contribution in [0.15, 0.2) is 53.0 Å². The second kappa shape index (κ2) is 10.2. The highest BCUT2D eigenvalue weighted by Gasteiger charge is 2.42. The van der Waals surface area contributed by atoms with Gasteiger partial charge in [-0.1, -0.05) is 46.3 Å². The minimum Gasteiger partial charge on any atom is -0.496 e. The summed E-state index contributed by atoms with van der Waals surface area (Å²) < 4.78 is 12.1. The Morgan fingerprint density at radius 3 is 2.48 bits per heavy atom. The number of rotatable bonds is 6. The maximum Gasteiger partial charge on any atom is 0.231 e. The van der Waals surface area contributed by atoms with E-state index in [9.17, 15) is 4.79 Å². The Kier molecular flexibility index (Phi) is 7.31. The van der Waals surface area contributed by atoms with Crippen molar-refractivity contribution in [3.63, 3.8) is 0 Å². The highest BCUT2D eigenvalue weighted by Crippen LogP contribution is 2.36. The van der Waals surface area contributed by atoms with Gasteiger partial charge in [0.25, 0.3) is 0 Å². The van der Waals surface area contributed by atoms with Crippen LogP contribution in [-0.4, -0.2) is 50.3 Å². The summed E-state index contributed by atoms with van der Waals surface area (Å²) in [4.78, 5) is 16.0. The molecule has 0 radical (unpaired) electrons. The predicted molar refractivity (Wildman–Crippen MR) is 125 cm³/mol. The van der Waals surface area contributed by atoms with E-state index in [1.54, 1.807) is 7.11 Å². The van der Waals surface area contributed by atoms with E-state index in [0.717, 1.165) is 61.1 Å². The van der Waals surface area contributed by atoms with Crippen LogP contribution in [0.4, 0.5) is 0 Å². The fourth-order valence-electron chi connectivity index (χ4n) is 4.77. The van der Waals surface area contributed by atoms with Gasteiger partial charge in [0.1, 0.15) is 5.75 Å². The molecule has 1 N–H and O–H groups in total. The number of methoxy groups -OCH3 is 1. The Hall–Kier alpha value is -1.89. The quantitative estimate of drug-likeness (QED) is 0.661. The molecular formula is C25H31BrN2O3. The smallest absolute Gasteiger partial charge is 0.231 e. The number of likely N-dealkylation sites (tertiary alicyclic amines) is 1. The normalized spacial score (nSPS) is 19.7. The molecule has 6 heteroatoms. The Labute approximate surface area is 193 Å². The van der Waals surface area contributed by atoms with E-state index in [1.807, 2.05) is 24.3 Å². The fraction of sp³-hybridized carbons (Fsp3) is 0.480. The summed E-state index contributed by atoms with van der Waals surface area (Å²) in [5.74, 6) is 1.09. The Morgan fingerprint density at radius 1 is 1.13 bits per heavy atom. The number of amides is 1. The van der Waals surface area contributed by atoms with Crippen LogP contribution in [0, 0.1) is 0 Å². The van der Waals surface area contributed by atoms with Crippen LogP contribution in [0.5, 0.6) is 5.75 Å². The number of hydrogen-bond acceptors (Lipinski definition) is 4. The molecule has 2 aliphatic heterocycles. The van der Waals surface area contributed by atoms with Gasteiger partial charge in [-0.15, -0.1) is 0 Å². The van der Waals surface area contributed by atoms with E-state index in [4.69, 9.17) is 9.47 Å². The topological polar surface area (TPSA) is 50.8 Å². The zero-order valence-electron chi connectivity index (χ0n) is 18.1. The van der Waals surface area contributed by atoms with Gasteiger partial charge in [-0.25, -0.2) is 0 Å². The van der Waals surface area contributed by atoms with Crippen LogP contribution >= 0.6 is 15.9 Å². The van der Waals surface area contributed by atoms with Gasteiger partial charge in [-0.2, -0.15) is 0 Å². The molecule has 166 valence electrons. The number of nitrogens with one attached hydrogen (secondary N) is 1. The first-order valence-electron chi connectivity index (χ1n) is 11.1. The highest BCUT2D eigenvalue weighted by molar-refractivity contribution is 9.10. The van der Waals surface area contributed by atoms with E-state index in [2.05, 4.69) is 50.4 Å². The molecule has 2 aromatic carbocycles. The molecule has 0 aliphatic carbocycles. The van der Waals surface area contributed by atoms with Gasteiger partial charge >= 0.3 is 0 Å². The molecule has 0 saturated carbocycles. The third-order valence-corrected chi connectivity index (χ3v) is 7.22. The molecule has 1 amide bonds. The monoisotopic (exact) mass is 486 g/mol. The number of carbonyl (C=O) groups is 1. The van der Waals surface area contributed by atoms with Crippen molar-refractivity contribution >= 4 is 21.8 Å². The van der Waals surface area contributed by atoms with Crippen LogP contribution in [0.2, 0.25) is 0 Å². The first kappa shape index (κ1) is 22.3. The second-order valence-electron chi connectivity index (χ2n) is 8.54. The summed E-state index contributed by atoms with van der Waals surface area (Å²) in [5, 5.41) is 3.39. The maximum absolute atomic E-state index is 13.5. The Morgan fingerprint density at radius 2 is 1.81 bits per heavy atom. The standard InChI is InChI=1S/C25H31BrN2O3/c1-30-23-5-3-2-4-19(23)18-28-14-10-22(11-15-28)27-24(29)25(12-16-31-17-13-25)20-6-8-21(26)9-7-20/h2-9,22H,10-18H2,1H3,(H,27,29). The summed E-state index contributed by atoms with van der Waals surface area (Å²) in [6.07, 6.45) is 3.39. The van der Waals surface area contributed by atoms with Crippen molar-refractivity contribution < 1.29 is 14.3 Å². The average molecular weight is 487 g/mol. The van der Waals surface area contributed by atoms with Gasteiger partial charge in [0.15, 0.2) is 0 Å². The molecule has 31 heavy (non-hydrogen) atoms. The molecule has 0 atom stereocenters. The Bertz CT molecular complexity index is 873. The molecule has 4 rings (SSSR count). The first-order chi connectivity index (χ1) is 15.1. The van der Waals surface area contributed by atoms with E-state index in [-0.39, 0.29) is 11.9 Å². The lowest BCUT2D eigenvalue weighted by Gasteiger charge is -2.39. The van der Waals surface area contributed by atoms with E-state index < -0.39 is 5.41 Å². The van der Waals surface area contributed by atoms with Crippen LogP contribution < -0.4 is 10.1 Å². The molecule has 2 fully saturated rings. The van der Waals surface area contributed by atoms with E-state index >= 15 is 0 Å². The molecule has 2 saturated heterocycles. The van der Waals surface area contributed by atoms with Gasteiger partial charge in [-0.05, 0) is 49.4 Å². The van der Waals surface area contributed by atoms with Gasteiger partial charge < -0.3 is 14.8 Å². The van der Waals surface area contributed by atoms with E-state index in [1.165, 1.54) is 5.56 Å². The summed E-state index contributed by atoms with van der Waals surface area (Å²) in [5.41, 5.74) is 1.81. The zero-order valence-corrected chi connectivity index (χ0v) is 19.7. The number of halogens is 1. The van der Waals surface area contributed by atoms with Gasteiger partial charge in [-0.3, -0.25) is 9.69 Å². The number of carbonyl (C=O) groups excluding carboxylic acids is 1. The molecule has 2 aliphatic rings. The number of benzene rings is 2. The maximum atomic E-state index is 13.5. The number of para-hydroxylation sites is 1. The van der Waals surface area contributed by atoms with Crippen LogP contribution in [0.3, 0.4) is 0 Å². The first-order valence-corrected chi connectivity index (χ1v) is 11.9. The lowest BCUT2D eigenvalue weighted by Crippen LogP contribution is -2.53. The average Bonchev–Trinajstić information content (AvgIpc) is 2.81. The lowest BCUT2D eigenvalue weighted by molar-refractivity contribution is -0.131. The van der Waals surface area contributed by atoms with Crippen molar-refractivity contribution in [3.8, 4) is 5.75 Å². The zero-order chi connectivity index (χ0) is 21.7. The van der Waals surface area contributed by atoms with Crippen LogP contribution in [0.1, 0.15) is 36.8 Å². The van der Waals surface area contributed by atoms with Crippen LogP contribution in [0.25, 0.3) is 0 Å². The predicted octanol–water partition coefficient (Wildman–Crippen LogP) is 4.29. The minimum atomic E-state index is -0.493. The second-order valence-corrected chi connectivity index (χ2v) is 9.45. The summed E-state index contributed by atoms with van der Waals surface area (Å²) in [6.45, 7) is 4.07. The van der Waals surface area contributed by atoms with Gasteiger partial charge in [0.05, 0.1) is 12.5 Å². The molecule has 2 heterocycles. The molecule has 5 nitrogen and oxygen atoms in total. The highest BCUT2D eigenvalue weighted by atomic mass is 79.9. The van der Waals surface area contributed by atoms with Crippen molar-refractivity contribution in [2.45, 2.75) is 43.7 Å². The molecule has 2 aromatic rings.